The van der Waals surface area contributed by atoms with E-state index in [1.165, 1.54) is 24.3 Å². The molecule has 0 spiro atoms. The van der Waals surface area contributed by atoms with Gasteiger partial charge in [0.05, 0.1) is 33.3 Å². The third kappa shape index (κ3) is 3.31. The molecule has 7 heteroatoms. The Morgan fingerprint density at radius 3 is 2.41 bits per heavy atom. The number of anilines is 1. The molecule has 3 aromatic carbocycles. The maximum Gasteiger partial charge on any atom is 0.262 e. The van der Waals surface area contributed by atoms with Crippen molar-refractivity contribution in [3.63, 3.8) is 0 Å². The van der Waals surface area contributed by atoms with E-state index in [4.69, 9.17) is 5.26 Å². The molecule has 4 aromatic rings. The summed E-state index contributed by atoms with van der Waals surface area (Å²) in [6, 6.07) is 22.9. The van der Waals surface area contributed by atoms with E-state index in [0.29, 0.717) is 22.2 Å². The van der Waals surface area contributed by atoms with E-state index >= 15 is 0 Å². The highest BCUT2D eigenvalue weighted by Gasteiger charge is 2.19. The van der Waals surface area contributed by atoms with Crippen LogP contribution in [0, 0.1) is 22.7 Å². The van der Waals surface area contributed by atoms with Crippen molar-refractivity contribution < 1.29 is 8.42 Å². The average molecular weight is 398 g/mol. The zero-order valence-electron chi connectivity index (χ0n) is 15.0. The van der Waals surface area contributed by atoms with Gasteiger partial charge in [-0.2, -0.15) is 10.5 Å². The summed E-state index contributed by atoms with van der Waals surface area (Å²) in [7, 11) is -3.92. The number of nitrogens with one attached hydrogen (secondary N) is 2. The molecule has 1 aromatic heterocycles. The summed E-state index contributed by atoms with van der Waals surface area (Å²) in [6.07, 6.45) is 1.56. The van der Waals surface area contributed by atoms with Crippen LogP contribution in [0.1, 0.15) is 11.1 Å². The van der Waals surface area contributed by atoms with Crippen LogP contribution in [-0.2, 0) is 10.0 Å². The Labute approximate surface area is 167 Å². The lowest BCUT2D eigenvalue weighted by Crippen LogP contribution is -2.13. The summed E-state index contributed by atoms with van der Waals surface area (Å²) in [5.41, 5.74) is 3.26. The maximum atomic E-state index is 12.8. The van der Waals surface area contributed by atoms with Crippen molar-refractivity contribution in [3.8, 4) is 23.3 Å². The SMILES string of the molecule is N#Cc1cccc(S(=O)(=O)Nc2ccc(-c3ccccc3)c3c(C#N)c[nH]c23)c1. The lowest BCUT2D eigenvalue weighted by Gasteiger charge is -2.12. The molecule has 0 atom stereocenters. The number of aromatic nitrogens is 1. The Hall–Kier alpha value is -4.07. The predicted octanol–water partition coefficient (Wildman–Crippen LogP) is 4.38. The first kappa shape index (κ1) is 18.3. The van der Waals surface area contributed by atoms with Gasteiger partial charge in [-0.3, -0.25) is 4.72 Å². The third-order valence-electron chi connectivity index (χ3n) is 4.56. The van der Waals surface area contributed by atoms with Crippen molar-refractivity contribution in [2.24, 2.45) is 0 Å². The number of aromatic amines is 1. The number of H-pyrrole nitrogens is 1. The lowest BCUT2D eigenvalue weighted by molar-refractivity contribution is 0.601. The predicted molar refractivity (Wildman–Crippen MR) is 110 cm³/mol. The van der Waals surface area contributed by atoms with Crippen LogP contribution in [0.3, 0.4) is 0 Å². The molecule has 0 saturated carbocycles. The van der Waals surface area contributed by atoms with Crippen LogP contribution in [0.2, 0.25) is 0 Å². The molecular formula is C22H14N4O2S. The smallest absolute Gasteiger partial charge is 0.262 e. The largest absolute Gasteiger partial charge is 0.358 e. The summed E-state index contributed by atoms with van der Waals surface area (Å²) >= 11 is 0. The molecule has 0 fully saturated rings. The van der Waals surface area contributed by atoms with Gasteiger partial charge < -0.3 is 4.98 Å². The molecule has 140 valence electrons. The molecule has 4 rings (SSSR count). The number of benzene rings is 3. The fourth-order valence-electron chi connectivity index (χ4n) is 3.22. The van der Waals surface area contributed by atoms with Crippen LogP contribution in [0.15, 0.2) is 77.8 Å². The van der Waals surface area contributed by atoms with Gasteiger partial charge in [0.1, 0.15) is 6.07 Å². The van der Waals surface area contributed by atoms with E-state index in [1.54, 1.807) is 18.3 Å². The van der Waals surface area contributed by atoms with Crippen molar-refractivity contribution >= 4 is 26.6 Å². The molecule has 0 aliphatic heterocycles. The van der Waals surface area contributed by atoms with Crippen molar-refractivity contribution in [1.82, 2.24) is 4.98 Å². The first-order chi connectivity index (χ1) is 14.0. The minimum Gasteiger partial charge on any atom is -0.358 e. The van der Waals surface area contributed by atoms with Gasteiger partial charge in [0, 0.05) is 11.6 Å². The zero-order valence-corrected chi connectivity index (χ0v) is 15.9. The topological polar surface area (TPSA) is 110 Å². The highest BCUT2D eigenvalue weighted by atomic mass is 32.2. The molecule has 1 heterocycles. The van der Waals surface area contributed by atoms with Gasteiger partial charge in [0.15, 0.2) is 0 Å². The van der Waals surface area contributed by atoms with E-state index in [9.17, 15) is 13.7 Å². The molecule has 0 radical (unpaired) electrons. The fourth-order valence-corrected chi connectivity index (χ4v) is 4.33. The van der Waals surface area contributed by atoms with Gasteiger partial charge in [0.25, 0.3) is 10.0 Å². The number of rotatable bonds is 4. The van der Waals surface area contributed by atoms with Gasteiger partial charge >= 0.3 is 0 Å². The standard InChI is InChI=1S/C22H14N4O2S/c23-12-15-5-4-8-18(11-15)29(27,28)26-20-10-9-19(16-6-2-1-3-7-16)21-17(13-24)14-25-22(20)21/h1-11,14,25-26H. The van der Waals surface area contributed by atoms with Crippen molar-refractivity contribution in [2.75, 3.05) is 4.72 Å². The zero-order chi connectivity index (χ0) is 20.4. The summed E-state index contributed by atoms with van der Waals surface area (Å²) in [6.45, 7) is 0. The van der Waals surface area contributed by atoms with Crippen LogP contribution in [0.4, 0.5) is 5.69 Å². The average Bonchev–Trinajstić information content (AvgIpc) is 3.19. The molecule has 2 N–H and O–H groups in total. The summed E-state index contributed by atoms with van der Waals surface area (Å²) in [5.74, 6) is 0. The number of fused-ring (bicyclic) bond motifs is 1. The number of hydrogen-bond donors (Lipinski definition) is 2. The van der Waals surface area contributed by atoms with Crippen LogP contribution < -0.4 is 4.72 Å². The number of nitriles is 2. The molecule has 0 saturated heterocycles. The number of nitrogens with zero attached hydrogens (tertiary/aromatic N) is 2. The van der Waals surface area contributed by atoms with Gasteiger partial charge in [0.2, 0.25) is 0 Å². The number of sulfonamides is 1. The second-order valence-corrected chi connectivity index (χ2v) is 8.02. The Morgan fingerprint density at radius 2 is 1.69 bits per heavy atom. The summed E-state index contributed by atoms with van der Waals surface area (Å²) in [4.78, 5) is 3.00. The molecule has 0 bridgehead atoms. The molecular weight excluding hydrogens is 384 g/mol. The third-order valence-corrected chi connectivity index (χ3v) is 5.92. The van der Waals surface area contributed by atoms with E-state index < -0.39 is 10.0 Å². The van der Waals surface area contributed by atoms with E-state index in [1.807, 2.05) is 36.4 Å². The minimum atomic E-state index is -3.92. The second kappa shape index (κ2) is 7.16. The monoisotopic (exact) mass is 398 g/mol. The summed E-state index contributed by atoms with van der Waals surface area (Å²) in [5, 5.41) is 19.2. The van der Waals surface area contributed by atoms with Gasteiger partial charge in [-0.15, -0.1) is 0 Å². The van der Waals surface area contributed by atoms with E-state index in [0.717, 1.165) is 11.1 Å². The van der Waals surface area contributed by atoms with Crippen LogP contribution >= 0.6 is 0 Å². The Morgan fingerprint density at radius 1 is 0.897 bits per heavy atom. The lowest BCUT2D eigenvalue weighted by atomic mass is 9.99. The second-order valence-electron chi connectivity index (χ2n) is 6.34. The minimum absolute atomic E-state index is 0.0103. The normalized spacial score (nSPS) is 11.0. The highest BCUT2D eigenvalue weighted by Crippen LogP contribution is 2.35. The number of hydrogen-bond acceptors (Lipinski definition) is 4. The molecule has 0 aliphatic carbocycles. The van der Waals surface area contributed by atoms with Gasteiger partial charge in [-0.1, -0.05) is 42.5 Å². The Kier molecular flexibility index (Phi) is 4.52. The molecule has 29 heavy (non-hydrogen) atoms. The Balaban J connectivity index is 1.85. The van der Waals surface area contributed by atoms with Gasteiger partial charge in [-0.25, -0.2) is 8.42 Å². The molecule has 0 aliphatic rings. The Bertz CT molecular complexity index is 1410. The van der Waals surface area contributed by atoms with E-state index in [2.05, 4.69) is 15.8 Å². The molecule has 6 nitrogen and oxygen atoms in total. The van der Waals surface area contributed by atoms with Gasteiger partial charge in [-0.05, 0) is 35.4 Å². The molecule has 0 amide bonds. The quantitative estimate of drug-likeness (QED) is 0.531. The van der Waals surface area contributed by atoms with Crippen LogP contribution in [0.25, 0.3) is 22.0 Å². The first-order valence-corrected chi connectivity index (χ1v) is 10.1. The van der Waals surface area contributed by atoms with Crippen molar-refractivity contribution in [3.05, 3.63) is 84.1 Å². The van der Waals surface area contributed by atoms with Crippen molar-refractivity contribution in [1.29, 1.82) is 10.5 Å². The maximum absolute atomic E-state index is 12.8. The van der Waals surface area contributed by atoms with Crippen molar-refractivity contribution in [2.45, 2.75) is 4.90 Å². The van der Waals surface area contributed by atoms with Crippen LogP contribution in [-0.4, -0.2) is 13.4 Å². The highest BCUT2D eigenvalue weighted by molar-refractivity contribution is 7.92. The summed E-state index contributed by atoms with van der Waals surface area (Å²) < 4.78 is 28.3. The van der Waals surface area contributed by atoms with Crippen LogP contribution in [0.5, 0.6) is 0 Å². The fraction of sp³-hybridized carbons (Fsp3) is 0. The van der Waals surface area contributed by atoms with E-state index in [-0.39, 0.29) is 10.5 Å². The first-order valence-electron chi connectivity index (χ1n) is 8.66. The molecule has 0 unspecified atom stereocenters.